The predicted octanol–water partition coefficient (Wildman–Crippen LogP) is 2.52. The third-order valence-corrected chi connectivity index (χ3v) is 5.40. The zero-order chi connectivity index (χ0) is 15.7. The molecule has 1 aliphatic heterocycles. The van der Waals surface area contributed by atoms with Crippen molar-refractivity contribution in [3.63, 3.8) is 0 Å². The molecular weight excluding hydrogens is 305 g/mol. The highest BCUT2D eigenvalue weighted by Gasteiger charge is 2.44. The van der Waals surface area contributed by atoms with Gasteiger partial charge in [0.2, 0.25) is 10.0 Å². The molecular formula is C13H13F3N2O2S. The Morgan fingerprint density at radius 3 is 2.57 bits per heavy atom. The number of hydrogen-bond acceptors (Lipinski definition) is 3. The average molecular weight is 318 g/mol. The van der Waals surface area contributed by atoms with Crippen molar-refractivity contribution in [1.82, 2.24) is 4.31 Å². The van der Waals surface area contributed by atoms with Crippen LogP contribution in [-0.4, -0.2) is 32.0 Å². The summed E-state index contributed by atoms with van der Waals surface area (Å²) in [4.78, 5) is -0.240. The lowest BCUT2D eigenvalue weighted by atomic mass is 9.99. The smallest absolute Gasteiger partial charge is 0.207 e. The normalized spacial score (nSPS) is 21.0. The molecule has 1 fully saturated rings. The van der Waals surface area contributed by atoms with Crippen LogP contribution in [-0.2, 0) is 10.0 Å². The molecule has 0 aromatic heterocycles. The zero-order valence-electron chi connectivity index (χ0n) is 11.0. The van der Waals surface area contributed by atoms with Crippen molar-refractivity contribution < 1.29 is 21.6 Å². The fourth-order valence-corrected chi connectivity index (χ4v) is 4.02. The Morgan fingerprint density at radius 1 is 1.29 bits per heavy atom. The molecule has 1 aromatic rings. The summed E-state index contributed by atoms with van der Waals surface area (Å²) in [6.45, 7) is -0.555. The fourth-order valence-electron chi connectivity index (χ4n) is 2.35. The van der Waals surface area contributed by atoms with Gasteiger partial charge in [-0.3, -0.25) is 0 Å². The lowest BCUT2D eigenvalue weighted by Crippen LogP contribution is -2.44. The van der Waals surface area contributed by atoms with Crippen molar-refractivity contribution >= 4 is 10.0 Å². The Hall–Kier alpha value is -1.59. The minimum Gasteiger partial charge on any atom is -0.207 e. The number of hydrogen-bond donors (Lipinski definition) is 0. The van der Waals surface area contributed by atoms with E-state index < -0.39 is 28.7 Å². The maximum Gasteiger partial charge on any atom is 0.393 e. The topological polar surface area (TPSA) is 61.2 Å². The van der Waals surface area contributed by atoms with Gasteiger partial charge in [0.15, 0.2) is 0 Å². The largest absolute Gasteiger partial charge is 0.393 e. The Balaban J connectivity index is 2.34. The molecule has 0 radical (unpaired) electrons. The maximum absolute atomic E-state index is 12.8. The number of nitriles is 1. The van der Waals surface area contributed by atoms with Gasteiger partial charge < -0.3 is 0 Å². The summed E-state index contributed by atoms with van der Waals surface area (Å²) >= 11 is 0. The third kappa shape index (κ3) is 3.19. The van der Waals surface area contributed by atoms with Gasteiger partial charge in [0.1, 0.15) is 6.07 Å². The van der Waals surface area contributed by atoms with E-state index in [2.05, 4.69) is 0 Å². The van der Waals surface area contributed by atoms with Crippen LogP contribution in [0.2, 0.25) is 0 Å². The van der Waals surface area contributed by atoms with E-state index in [-0.39, 0.29) is 29.8 Å². The van der Waals surface area contributed by atoms with Gasteiger partial charge in [-0.2, -0.15) is 22.7 Å². The van der Waals surface area contributed by atoms with E-state index in [9.17, 15) is 21.6 Å². The Kier molecular flexibility index (Phi) is 4.25. The van der Waals surface area contributed by atoms with Gasteiger partial charge in [-0.15, -0.1) is 0 Å². The number of nitrogens with zero attached hydrogens (tertiary/aromatic N) is 2. The SMILES string of the molecule is N#Cc1ccccc1S(=O)(=O)N1CCC[C@H](C(F)(F)F)C1. The first-order valence-corrected chi connectivity index (χ1v) is 7.77. The van der Waals surface area contributed by atoms with Gasteiger partial charge in [-0.05, 0) is 25.0 Å². The lowest BCUT2D eigenvalue weighted by molar-refractivity contribution is -0.182. The quantitative estimate of drug-likeness (QED) is 0.842. The van der Waals surface area contributed by atoms with Crippen molar-refractivity contribution in [1.29, 1.82) is 5.26 Å². The van der Waals surface area contributed by atoms with Gasteiger partial charge in [-0.25, -0.2) is 8.42 Å². The Labute approximate surface area is 120 Å². The molecule has 4 nitrogen and oxygen atoms in total. The molecule has 0 unspecified atom stereocenters. The van der Waals surface area contributed by atoms with Gasteiger partial charge in [0.25, 0.3) is 0 Å². The zero-order valence-corrected chi connectivity index (χ0v) is 11.8. The molecule has 0 saturated carbocycles. The molecule has 1 aromatic carbocycles. The second-order valence-electron chi connectivity index (χ2n) is 4.85. The summed E-state index contributed by atoms with van der Waals surface area (Å²) in [7, 11) is -4.09. The predicted molar refractivity (Wildman–Crippen MR) is 68.7 cm³/mol. The molecule has 1 aliphatic rings. The standard InChI is InChI=1S/C13H13F3N2O2S/c14-13(15,16)11-5-3-7-18(9-11)21(19,20)12-6-2-1-4-10(12)8-17/h1-2,4,6,11H,3,5,7,9H2/t11-/m0/s1. The second kappa shape index (κ2) is 5.66. The lowest BCUT2D eigenvalue weighted by Gasteiger charge is -2.33. The highest BCUT2D eigenvalue weighted by molar-refractivity contribution is 7.89. The average Bonchev–Trinajstić information content (AvgIpc) is 2.46. The molecule has 2 rings (SSSR count). The van der Waals surface area contributed by atoms with Crippen LogP contribution >= 0.6 is 0 Å². The van der Waals surface area contributed by atoms with E-state index in [0.29, 0.717) is 0 Å². The summed E-state index contributed by atoms with van der Waals surface area (Å²) in [5.74, 6) is -1.66. The number of alkyl halides is 3. The fraction of sp³-hybridized carbons (Fsp3) is 0.462. The van der Waals surface area contributed by atoms with E-state index >= 15 is 0 Å². The Morgan fingerprint density at radius 2 is 1.95 bits per heavy atom. The van der Waals surface area contributed by atoms with Crippen LogP contribution < -0.4 is 0 Å². The molecule has 114 valence electrons. The molecule has 1 heterocycles. The minimum absolute atomic E-state index is 0.0364. The van der Waals surface area contributed by atoms with Crippen LogP contribution in [0.1, 0.15) is 18.4 Å². The van der Waals surface area contributed by atoms with Gasteiger partial charge >= 0.3 is 6.18 Å². The highest BCUT2D eigenvalue weighted by Crippen LogP contribution is 2.35. The van der Waals surface area contributed by atoms with Crippen LogP contribution in [0.25, 0.3) is 0 Å². The second-order valence-corrected chi connectivity index (χ2v) is 6.76. The number of benzene rings is 1. The van der Waals surface area contributed by atoms with Crippen molar-refractivity contribution in [2.45, 2.75) is 23.9 Å². The van der Waals surface area contributed by atoms with Gasteiger partial charge in [0.05, 0.1) is 16.4 Å². The molecule has 0 amide bonds. The first-order chi connectivity index (χ1) is 9.76. The molecule has 0 bridgehead atoms. The van der Waals surface area contributed by atoms with E-state index in [1.807, 2.05) is 0 Å². The summed E-state index contributed by atoms with van der Waals surface area (Å²) in [6.07, 6.45) is -4.34. The maximum atomic E-state index is 12.8. The summed E-state index contributed by atoms with van der Waals surface area (Å²) in [5.41, 5.74) is -0.0633. The number of sulfonamides is 1. The monoisotopic (exact) mass is 318 g/mol. The van der Waals surface area contributed by atoms with E-state index in [1.165, 1.54) is 24.3 Å². The van der Waals surface area contributed by atoms with E-state index in [0.717, 1.165) is 4.31 Å². The third-order valence-electron chi connectivity index (χ3n) is 3.47. The minimum atomic E-state index is -4.41. The molecule has 21 heavy (non-hydrogen) atoms. The van der Waals surface area contributed by atoms with Crippen LogP contribution in [0.5, 0.6) is 0 Å². The molecule has 1 atom stereocenters. The van der Waals surface area contributed by atoms with Crippen LogP contribution in [0.4, 0.5) is 13.2 Å². The summed E-state index contributed by atoms with van der Waals surface area (Å²) < 4.78 is 64.0. The highest BCUT2D eigenvalue weighted by atomic mass is 32.2. The Bertz CT molecular complexity index is 665. The summed E-state index contributed by atoms with van der Waals surface area (Å²) in [6, 6.07) is 7.28. The van der Waals surface area contributed by atoms with Crippen molar-refractivity contribution in [3.05, 3.63) is 29.8 Å². The molecule has 0 N–H and O–H groups in total. The molecule has 0 aliphatic carbocycles. The number of rotatable bonds is 2. The molecule has 1 saturated heterocycles. The first-order valence-electron chi connectivity index (χ1n) is 6.33. The number of halogens is 3. The van der Waals surface area contributed by atoms with Crippen LogP contribution in [0.3, 0.4) is 0 Å². The van der Waals surface area contributed by atoms with E-state index in [4.69, 9.17) is 5.26 Å². The molecule has 0 spiro atoms. The van der Waals surface area contributed by atoms with Crippen LogP contribution in [0.15, 0.2) is 29.2 Å². The van der Waals surface area contributed by atoms with Crippen molar-refractivity contribution in [2.75, 3.05) is 13.1 Å². The first kappa shape index (κ1) is 15.8. The van der Waals surface area contributed by atoms with Gasteiger partial charge in [0, 0.05) is 13.1 Å². The van der Waals surface area contributed by atoms with Crippen LogP contribution in [0, 0.1) is 17.2 Å². The number of piperidine rings is 1. The van der Waals surface area contributed by atoms with Gasteiger partial charge in [-0.1, -0.05) is 12.1 Å². The van der Waals surface area contributed by atoms with Crippen molar-refractivity contribution in [3.8, 4) is 6.07 Å². The van der Waals surface area contributed by atoms with Crippen molar-refractivity contribution in [2.24, 2.45) is 5.92 Å². The summed E-state index contributed by atoms with van der Waals surface area (Å²) in [5, 5.41) is 8.95. The molecule has 8 heteroatoms. The van der Waals surface area contributed by atoms with E-state index in [1.54, 1.807) is 6.07 Å².